The lowest BCUT2D eigenvalue weighted by Gasteiger charge is -2.31. The van der Waals surface area contributed by atoms with Crippen LogP contribution in [0, 0.1) is 11.7 Å². The SMILES string of the molecule is COc1cc2ncnc(Nc3ccc(F)c(Cl)c3)c2cc1OCC(=O)N1CCC(C(=O)Nc2ccccc2)CC1. The minimum absolute atomic E-state index is 0.0200. The van der Waals surface area contributed by atoms with Crippen molar-refractivity contribution in [3.63, 3.8) is 0 Å². The molecule has 4 aromatic rings. The summed E-state index contributed by atoms with van der Waals surface area (Å²) in [4.78, 5) is 35.9. The maximum absolute atomic E-state index is 13.6. The number of carbonyl (C=O) groups excluding carboxylic acids is 2. The number of likely N-dealkylation sites (tertiary alicyclic amines) is 1. The average Bonchev–Trinajstić information content (AvgIpc) is 2.98. The summed E-state index contributed by atoms with van der Waals surface area (Å²) in [5.74, 6) is 0.291. The van der Waals surface area contributed by atoms with Gasteiger partial charge in [-0.05, 0) is 49.2 Å². The molecule has 0 spiro atoms. The van der Waals surface area contributed by atoms with Gasteiger partial charge in [-0.2, -0.15) is 0 Å². The van der Waals surface area contributed by atoms with E-state index in [0.717, 1.165) is 5.69 Å². The zero-order chi connectivity index (χ0) is 28.1. The highest BCUT2D eigenvalue weighted by Crippen LogP contribution is 2.35. The second-order valence-electron chi connectivity index (χ2n) is 9.30. The van der Waals surface area contributed by atoms with E-state index in [-0.39, 0.29) is 29.4 Å². The number of methoxy groups -OCH3 is 1. The van der Waals surface area contributed by atoms with E-state index in [4.69, 9.17) is 21.1 Å². The maximum Gasteiger partial charge on any atom is 0.260 e. The fraction of sp³-hybridized carbons (Fsp3) is 0.241. The summed E-state index contributed by atoms with van der Waals surface area (Å²) in [6.45, 7) is 0.727. The molecule has 0 unspecified atom stereocenters. The standard InChI is InChI=1S/C29H27ClFN5O4/c1-39-25-15-24-21(28(33-17-32-24)34-20-7-8-23(31)22(30)13-20)14-26(25)40-16-27(37)36-11-9-18(10-12-36)29(38)35-19-5-3-2-4-6-19/h2-8,13-15,17-18H,9-12,16H2,1H3,(H,35,38)(H,32,33,34). The number of piperidine rings is 1. The molecule has 0 atom stereocenters. The lowest BCUT2D eigenvalue weighted by molar-refractivity contribution is -0.136. The van der Waals surface area contributed by atoms with Crippen LogP contribution in [0.2, 0.25) is 5.02 Å². The first-order chi connectivity index (χ1) is 19.4. The van der Waals surface area contributed by atoms with E-state index in [1.807, 2.05) is 30.3 Å². The zero-order valence-corrected chi connectivity index (χ0v) is 22.5. The molecule has 0 bridgehead atoms. The molecule has 1 aromatic heterocycles. The van der Waals surface area contributed by atoms with Crippen molar-refractivity contribution < 1.29 is 23.5 Å². The average molecular weight is 564 g/mol. The van der Waals surface area contributed by atoms with E-state index in [1.54, 1.807) is 23.1 Å². The summed E-state index contributed by atoms with van der Waals surface area (Å²) in [6, 6.07) is 17.0. The Bertz CT molecular complexity index is 1530. The molecule has 2 amide bonds. The molecule has 5 rings (SSSR count). The monoisotopic (exact) mass is 563 g/mol. The molecule has 1 aliphatic heterocycles. The fourth-order valence-corrected chi connectivity index (χ4v) is 4.71. The molecule has 206 valence electrons. The number of carbonyl (C=O) groups is 2. The molecule has 2 N–H and O–H groups in total. The van der Waals surface area contributed by atoms with E-state index in [1.165, 1.54) is 25.6 Å². The van der Waals surface area contributed by atoms with Crippen LogP contribution in [0.5, 0.6) is 11.5 Å². The van der Waals surface area contributed by atoms with Crippen LogP contribution in [0.25, 0.3) is 10.9 Å². The van der Waals surface area contributed by atoms with E-state index in [0.29, 0.717) is 59.8 Å². The number of para-hydroxylation sites is 1. The van der Waals surface area contributed by atoms with Crippen molar-refractivity contribution in [3.8, 4) is 11.5 Å². The summed E-state index contributed by atoms with van der Waals surface area (Å²) >= 11 is 5.91. The number of ether oxygens (including phenoxy) is 2. The van der Waals surface area contributed by atoms with Gasteiger partial charge in [-0.3, -0.25) is 9.59 Å². The normalized spacial score (nSPS) is 13.6. The molecule has 1 aliphatic rings. The van der Waals surface area contributed by atoms with Crippen molar-refractivity contribution in [1.29, 1.82) is 0 Å². The molecule has 40 heavy (non-hydrogen) atoms. The van der Waals surface area contributed by atoms with Gasteiger partial charge in [-0.25, -0.2) is 14.4 Å². The Morgan fingerprint density at radius 2 is 1.80 bits per heavy atom. The first kappa shape index (κ1) is 27.1. The maximum atomic E-state index is 13.6. The number of amides is 2. The number of halogens is 2. The van der Waals surface area contributed by atoms with Gasteiger partial charge in [0.1, 0.15) is 18.0 Å². The van der Waals surface area contributed by atoms with Gasteiger partial charge in [-0.15, -0.1) is 0 Å². The van der Waals surface area contributed by atoms with Crippen molar-refractivity contribution in [2.75, 3.05) is 37.4 Å². The number of hydrogen-bond acceptors (Lipinski definition) is 7. The van der Waals surface area contributed by atoms with Gasteiger partial charge < -0.3 is 25.0 Å². The molecular weight excluding hydrogens is 537 g/mol. The Kier molecular flexibility index (Phi) is 8.26. The number of rotatable bonds is 8. The number of nitrogens with zero attached hydrogens (tertiary/aromatic N) is 3. The molecule has 1 fully saturated rings. The Hall–Kier alpha value is -4.44. The lowest BCUT2D eigenvalue weighted by Crippen LogP contribution is -2.43. The summed E-state index contributed by atoms with van der Waals surface area (Å²) in [6.07, 6.45) is 2.54. The molecule has 9 nitrogen and oxygen atoms in total. The molecule has 3 aromatic carbocycles. The molecular formula is C29H27ClFN5O4. The molecule has 1 saturated heterocycles. The van der Waals surface area contributed by atoms with Gasteiger partial charge in [0.2, 0.25) is 5.91 Å². The van der Waals surface area contributed by atoms with Crippen LogP contribution < -0.4 is 20.1 Å². The summed E-state index contributed by atoms with van der Waals surface area (Å²) in [5, 5.41) is 6.64. The predicted octanol–water partition coefficient (Wildman–Crippen LogP) is 5.43. The highest BCUT2D eigenvalue weighted by Gasteiger charge is 2.28. The first-order valence-corrected chi connectivity index (χ1v) is 13.1. The first-order valence-electron chi connectivity index (χ1n) is 12.7. The van der Waals surface area contributed by atoms with Crippen LogP contribution in [-0.4, -0.2) is 53.5 Å². The van der Waals surface area contributed by atoms with Crippen molar-refractivity contribution in [3.05, 3.63) is 77.8 Å². The second-order valence-corrected chi connectivity index (χ2v) is 9.70. The van der Waals surface area contributed by atoms with Gasteiger partial charge in [0.15, 0.2) is 18.1 Å². The van der Waals surface area contributed by atoms with Gasteiger partial charge in [0.25, 0.3) is 5.91 Å². The van der Waals surface area contributed by atoms with Gasteiger partial charge >= 0.3 is 0 Å². The van der Waals surface area contributed by atoms with Crippen LogP contribution in [-0.2, 0) is 9.59 Å². The third-order valence-electron chi connectivity index (χ3n) is 6.71. The van der Waals surface area contributed by atoms with Gasteiger partial charge in [0, 0.05) is 41.8 Å². The summed E-state index contributed by atoms with van der Waals surface area (Å²) < 4.78 is 25.0. The molecule has 2 heterocycles. The highest BCUT2D eigenvalue weighted by atomic mass is 35.5. The number of hydrogen-bond donors (Lipinski definition) is 2. The van der Waals surface area contributed by atoms with Crippen molar-refractivity contribution >= 4 is 51.5 Å². The lowest BCUT2D eigenvalue weighted by atomic mass is 9.95. The van der Waals surface area contributed by atoms with Crippen LogP contribution in [0.4, 0.5) is 21.6 Å². The molecule has 0 radical (unpaired) electrons. The van der Waals surface area contributed by atoms with Crippen molar-refractivity contribution in [1.82, 2.24) is 14.9 Å². The minimum atomic E-state index is -0.524. The second kappa shape index (κ2) is 12.2. The van der Waals surface area contributed by atoms with Gasteiger partial charge in [0.05, 0.1) is 17.6 Å². The van der Waals surface area contributed by atoms with E-state index in [9.17, 15) is 14.0 Å². The van der Waals surface area contributed by atoms with Crippen LogP contribution in [0.3, 0.4) is 0 Å². The minimum Gasteiger partial charge on any atom is -0.493 e. The number of anilines is 3. The molecule has 11 heteroatoms. The Morgan fingerprint density at radius 3 is 2.52 bits per heavy atom. The van der Waals surface area contributed by atoms with E-state index >= 15 is 0 Å². The quantitative estimate of drug-likeness (QED) is 0.294. The number of benzene rings is 3. The van der Waals surface area contributed by atoms with Crippen LogP contribution in [0.15, 0.2) is 67.0 Å². The summed E-state index contributed by atoms with van der Waals surface area (Å²) in [7, 11) is 1.50. The predicted molar refractivity (Wildman–Crippen MR) is 151 cm³/mol. The highest BCUT2D eigenvalue weighted by molar-refractivity contribution is 6.31. The molecule has 0 saturated carbocycles. The Labute approximate surface area is 235 Å². The van der Waals surface area contributed by atoms with E-state index in [2.05, 4.69) is 20.6 Å². The smallest absolute Gasteiger partial charge is 0.260 e. The Morgan fingerprint density at radius 1 is 1.02 bits per heavy atom. The number of nitrogens with one attached hydrogen (secondary N) is 2. The van der Waals surface area contributed by atoms with E-state index < -0.39 is 5.82 Å². The fourth-order valence-electron chi connectivity index (χ4n) is 4.53. The van der Waals surface area contributed by atoms with Gasteiger partial charge in [-0.1, -0.05) is 29.8 Å². The third kappa shape index (κ3) is 6.23. The Balaban J connectivity index is 1.23. The summed E-state index contributed by atoms with van der Waals surface area (Å²) in [5.41, 5.74) is 1.88. The third-order valence-corrected chi connectivity index (χ3v) is 7.00. The zero-order valence-electron chi connectivity index (χ0n) is 21.7. The number of aromatic nitrogens is 2. The van der Waals surface area contributed by atoms with Crippen molar-refractivity contribution in [2.45, 2.75) is 12.8 Å². The van der Waals surface area contributed by atoms with Crippen molar-refractivity contribution in [2.24, 2.45) is 5.92 Å². The largest absolute Gasteiger partial charge is 0.493 e. The number of fused-ring (bicyclic) bond motifs is 1. The topological polar surface area (TPSA) is 106 Å². The van der Waals surface area contributed by atoms with Crippen LogP contribution in [0.1, 0.15) is 12.8 Å². The van der Waals surface area contributed by atoms with Crippen LogP contribution >= 0.6 is 11.6 Å². The molecule has 0 aliphatic carbocycles.